The summed E-state index contributed by atoms with van der Waals surface area (Å²) in [5.74, 6) is -0.124. The average molecular weight is 284 g/mol. The molecule has 0 fully saturated rings. The Balaban J connectivity index is 2.84. The van der Waals surface area contributed by atoms with Crippen molar-refractivity contribution in [2.45, 2.75) is 45.3 Å². The fourth-order valence-corrected chi connectivity index (χ4v) is 2.20. The quantitative estimate of drug-likeness (QED) is 0.490. The van der Waals surface area contributed by atoms with Gasteiger partial charge in [-0.3, -0.25) is 0 Å². The van der Waals surface area contributed by atoms with Crippen LogP contribution >= 0.6 is 0 Å². The minimum absolute atomic E-state index is 0.110. The predicted octanol–water partition coefficient (Wildman–Crippen LogP) is 1.60. The number of hydrogen-bond acceptors (Lipinski definition) is 5. The van der Waals surface area contributed by atoms with Crippen LogP contribution in [0.5, 0.6) is 11.5 Å². The Morgan fingerprint density at radius 2 is 1.80 bits per heavy atom. The number of aromatic hydroxyl groups is 2. The first-order chi connectivity index (χ1) is 9.31. The van der Waals surface area contributed by atoms with Gasteiger partial charge in [0, 0.05) is 17.7 Å². The SMILES string of the molecule is CC(CO)CCCC(C)(O)c1cc(O)c(CO)cc1O. The van der Waals surface area contributed by atoms with E-state index in [1.165, 1.54) is 12.1 Å². The first kappa shape index (κ1) is 16.8. The second-order valence-electron chi connectivity index (χ2n) is 5.61. The lowest BCUT2D eigenvalue weighted by Gasteiger charge is -2.26. The van der Waals surface area contributed by atoms with Crippen LogP contribution in [0.15, 0.2) is 12.1 Å². The molecule has 2 atom stereocenters. The van der Waals surface area contributed by atoms with Crippen LogP contribution in [0.3, 0.4) is 0 Å². The predicted molar refractivity (Wildman–Crippen MR) is 75.4 cm³/mol. The molecule has 1 rings (SSSR count). The van der Waals surface area contributed by atoms with Gasteiger partial charge in [0.25, 0.3) is 0 Å². The second kappa shape index (κ2) is 6.92. The van der Waals surface area contributed by atoms with E-state index >= 15 is 0 Å². The Bertz CT molecular complexity index is 442. The zero-order valence-electron chi connectivity index (χ0n) is 12.0. The minimum Gasteiger partial charge on any atom is -0.508 e. The summed E-state index contributed by atoms with van der Waals surface area (Å²) in [4.78, 5) is 0. The molecule has 0 aliphatic heterocycles. The maximum absolute atomic E-state index is 10.4. The van der Waals surface area contributed by atoms with Crippen LogP contribution in [0.2, 0.25) is 0 Å². The molecule has 1 aromatic rings. The van der Waals surface area contributed by atoms with Gasteiger partial charge in [0.05, 0.1) is 12.2 Å². The highest BCUT2D eigenvalue weighted by Gasteiger charge is 2.27. The molecule has 0 radical (unpaired) electrons. The van der Waals surface area contributed by atoms with Crippen molar-refractivity contribution in [2.75, 3.05) is 6.61 Å². The van der Waals surface area contributed by atoms with Gasteiger partial charge in [0.2, 0.25) is 0 Å². The lowest BCUT2D eigenvalue weighted by atomic mass is 9.87. The molecule has 5 nitrogen and oxygen atoms in total. The number of benzene rings is 1. The fourth-order valence-electron chi connectivity index (χ4n) is 2.20. The summed E-state index contributed by atoms with van der Waals surface area (Å²) in [5, 5.41) is 48.0. The van der Waals surface area contributed by atoms with Crippen LogP contribution in [0.4, 0.5) is 0 Å². The largest absolute Gasteiger partial charge is 0.508 e. The van der Waals surface area contributed by atoms with Crippen molar-refractivity contribution in [3.8, 4) is 11.5 Å². The molecule has 5 N–H and O–H groups in total. The van der Waals surface area contributed by atoms with E-state index in [4.69, 9.17) is 10.2 Å². The third kappa shape index (κ3) is 4.10. The van der Waals surface area contributed by atoms with Crippen molar-refractivity contribution in [1.82, 2.24) is 0 Å². The summed E-state index contributed by atoms with van der Waals surface area (Å²) in [6.07, 6.45) is 1.87. The summed E-state index contributed by atoms with van der Waals surface area (Å²) in [7, 11) is 0. The molecule has 0 bridgehead atoms. The molecular weight excluding hydrogens is 260 g/mol. The Morgan fingerprint density at radius 1 is 1.15 bits per heavy atom. The van der Waals surface area contributed by atoms with Gasteiger partial charge in [0.1, 0.15) is 11.5 Å². The summed E-state index contributed by atoms with van der Waals surface area (Å²) < 4.78 is 0. The molecule has 0 amide bonds. The summed E-state index contributed by atoms with van der Waals surface area (Å²) in [6.45, 7) is 3.23. The molecule has 114 valence electrons. The molecule has 2 unspecified atom stereocenters. The number of aliphatic hydroxyl groups excluding tert-OH is 2. The molecule has 20 heavy (non-hydrogen) atoms. The molecule has 0 aliphatic rings. The van der Waals surface area contributed by atoms with E-state index in [0.29, 0.717) is 12.8 Å². The zero-order chi connectivity index (χ0) is 15.3. The standard InChI is InChI=1S/C15H24O5/c1-10(8-16)4-3-5-15(2,20)12-7-13(18)11(9-17)6-14(12)19/h6-7,10,16-20H,3-5,8-9H2,1-2H3. The van der Waals surface area contributed by atoms with Gasteiger partial charge in [0.15, 0.2) is 0 Å². The van der Waals surface area contributed by atoms with Crippen molar-refractivity contribution < 1.29 is 25.5 Å². The van der Waals surface area contributed by atoms with E-state index in [1.807, 2.05) is 6.92 Å². The lowest BCUT2D eigenvalue weighted by Crippen LogP contribution is -2.21. The minimum atomic E-state index is -1.27. The van der Waals surface area contributed by atoms with Gasteiger partial charge in [-0.1, -0.05) is 6.92 Å². The number of aliphatic hydroxyl groups is 3. The zero-order valence-corrected chi connectivity index (χ0v) is 12.0. The average Bonchev–Trinajstić information content (AvgIpc) is 2.40. The van der Waals surface area contributed by atoms with Gasteiger partial charge >= 0.3 is 0 Å². The Labute approximate surface area is 119 Å². The van der Waals surface area contributed by atoms with Crippen molar-refractivity contribution in [3.05, 3.63) is 23.3 Å². The van der Waals surface area contributed by atoms with Crippen LogP contribution in [0.25, 0.3) is 0 Å². The van der Waals surface area contributed by atoms with Crippen LogP contribution in [-0.2, 0) is 12.2 Å². The monoisotopic (exact) mass is 284 g/mol. The summed E-state index contributed by atoms with van der Waals surface area (Å²) >= 11 is 0. The Hall–Kier alpha value is -1.30. The number of rotatable bonds is 7. The van der Waals surface area contributed by atoms with Gasteiger partial charge in [-0.25, -0.2) is 0 Å². The van der Waals surface area contributed by atoms with Crippen LogP contribution < -0.4 is 0 Å². The van der Waals surface area contributed by atoms with Gasteiger partial charge in [-0.15, -0.1) is 0 Å². The van der Waals surface area contributed by atoms with E-state index in [-0.39, 0.29) is 41.8 Å². The molecule has 0 aliphatic carbocycles. The van der Waals surface area contributed by atoms with Gasteiger partial charge in [-0.2, -0.15) is 0 Å². The lowest BCUT2D eigenvalue weighted by molar-refractivity contribution is 0.0404. The highest BCUT2D eigenvalue weighted by Crippen LogP contribution is 2.37. The maximum Gasteiger partial charge on any atom is 0.122 e. The van der Waals surface area contributed by atoms with Crippen molar-refractivity contribution in [2.24, 2.45) is 5.92 Å². The van der Waals surface area contributed by atoms with E-state index in [0.717, 1.165) is 6.42 Å². The first-order valence-electron chi connectivity index (χ1n) is 6.81. The van der Waals surface area contributed by atoms with Crippen LogP contribution in [0.1, 0.15) is 44.2 Å². The first-order valence-corrected chi connectivity index (χ1v) is 6.81. The molecule has 0 saturated heterocycles. The topological polar surface area (TPSA) is 101 Å². The molecule has 0 spiro atoms. The van der Waals surface area contributed by atoms with Crippen molar-refractivity contribution in [1.29, 1.82) is 0 Å². The van der Waals surface area contributed by atoms with Gasteiger partial charge in [-0.05, 0) is 44.2 Å². The fraction of sp³-hybridized carbons (Fsp3) is 0.600. The van der Waals surface area contributed by atoms with Crippen LogP contribution in [-0.4, -0.2) is 32.1 Å². The van der Waals surface area contributed by atoms with E-state index in [9.17, 15) is 15.3 Å². The Morgan fingerprint density at radius 3 is 2.35 bits per heavy atom. The van der Waals surface area contributed by atoms with E-state index in [1.54, 1.807) is 6.92 Å². The van der Waals surface area contributed by atoms with Crippen molar-refractivity contribution in [3.63, 3.8) is 0 Å². The molecule has 0 heterocycles. The van der Waals surface area contributed by atoms with E-state index in [2.05, 4.69) is 0 Å². The smallest absolute Gasteiger partial charge is 0.122 e. The van der Waals surface area contributed by atoms with Crippen molar-refractivity contribution >= 4 is 0 Å². The summed E-state index contributed by atoms with van der Waals surface area (Å²) in [5.41, 5.74) is -0.815. The summed E-state index contributed by atoms with van der Waals surface area (Å²) in [6, 6.07) is 2.55. The molecular formula is C15H24O5. The number of phenols is 2. The highest BCUT2D eigenvalue weighted by molar-refractivity contribution is 5.47. The van der Waals surface area contributed by atoms with E-state index < -0.39 is 5.60 Å². The van der Waals surface area contributed by atoms with Gasteiger partial charge < -0.3 is 25.5 Å². The maximum atomic E-state index is 10.4. The van der Waals surface area contributed by atoms with Crippen LogP contribution in [0, 0.1) is 5.92 Å². The second-order valence-corrected chi connectivity index (χ2v) is 5.61. The molecule has 1 aromatic carbocycles. The number of phenolic OH excluding ortho intramolecular Hbond substituents is 1. The Kier molecular flexibility index (Phi) is 5.80. The molecule has 0 saturated carbocycles. The third-order valence-corrected chi connectivity index (χ3v) is 3.62. The number of hydrogen-bond donors (Lipinski definition) is 5. The highest BCUT2D eigenvalue weighted by atomic mass is 16.3. The molecule has 0 aromatic heterocycles. The normalized spacial score (nSPS) is 15.8. The molecule has 5 heteroatoms. The third-order valence-electron chi connectivity index (χ3n) is 3.62.